The highest BCUT2D eigenvalue weighted by atomic mass is 28.1. The van der Waals surface area contributed by atoms with Crippen LogP contribution in [-0.4, -0.2) is 39.7 Å². The molecule has 0 atom stereocenters. The van der Waals surface area contributed by atoms with Crippen LogP contribution in [0.5, 0.6) is 11.5 Å². The van der Waals surface area contributed by atoms with E-state index in [-0.39, 0.29) is 34.9 Å². The Morgan fingerprint density at radius 1 is 1.06 bits per heavy atom. The number of phenols is 2. The van der Waals surface area contributed by atoms with Gasteiger partial charge in [-0.1, -0.05) is 12.1 Å². The molecule has 0 radical (unpaired) electrons. The van der Waals surface area contributed by atoms with Crippen LogP contribution in [0.1, 0.15) is 0 Å². The maximum absolute atomic E-state index is 10.1. The Bertz CT molecular complexity index is 349. The molecule has 0 aromatic heterocycles. The van der Waals surface area contributed by atoms with Crippen LogP contribution in [0.2, 0.25) is 0 Å². The number of hydrogen-bond donors (Lipinski definition) is 4. The fraction of sp³-hybridized carbons (Fsp3) is 0.111. The Hall–Kier alpha value is -2.02. The standard InChI is InChI=1S/C6H6O2.C3H4N2O2.H4Si/c7-5-3-1-2-4-6(5)8;6-2-1-4-3(7)5-2;/h1-4,7-8H;1H2,(H2,4,5,6,7);1H4. The van der Waals surface area contributed by atoms with Crippen molar-refractivity contribution >= 4 is 22.9 Å². The Morgan fingerprint density at radius 3 is 1.75 bits per heavy atom. The second-order valence-corrected chi connectivity index (χ2v) is 2.72. The zero-order chi connectivity index (χ0) is 11.3. The molecule has 0 aliphatic carbocycles. The van der Waals surface area contributed by atoms with Gasteiger partial charge in [-0.25, -0.2) is 4.79 Å². The molecule has 1 aliphatic rings. The van der Waals surface area contributed by atoms with Crippen molar-refractivity contribution in [3.8, 4) is 11.5 Å². The highest BCUT2D eigenvalue weighted by Crippen LogP contribution is 2.21. The number of carbonyl (C=O) groups excluding carboxylic acids is 2. The summed E-state index contributed by atoms with van der Waals surface area (Å²) < 4.78 is 0. The number of urea groups is 1. The zero-order valence-electron chi connectivity index (χ0n) is 7.73. The van der Waals surface area contributed by atoms with Crippen molar-refractivity contribution in [3.63, 3.8) is 0 Å². The monoisotopic (exact) mass is 242 g/mol. The SMILES string of the molecule is O=C1CNC(=O)N1.Oc1ccccc1O.[SiH4]. The number of benzene rings is 1. The van der Waals surface area contributed by atoms with Gasteiger partial charge >= 0.3 is 6.03 Å². The molecule has 1 fully saturated rings. The quantitative estimate of drug-likeness (QED) is 0.252. The molecular formula is C9H14N2O4Si. The molecule has 0 spiro atoms. The molecule has 7 heteroatoms. The first-order valence-corrected chi connectivity index (χ1v) is 4.14. The Morgan fingerprint density at radius 2 is 1.56 bits per heavy atom. The van der Waals surface area contributed by atoms with Gasteiger partial charge in [-0.05, 0) is 23.1 Å². The number of nitrogens with one attached hydrogen (secondary N) is 2. The van der Waals surface area contributed by atoms with Gasteiger partial charge in [0, 0.05) is 0 Å². The predicted octanol–water partition coefficient (Wildman–Crippen LogP) is -1.53. The molecule has 88 valence electrons. The molecule has 1 aliphatic heterocycles. The van der Waals surface area contributed by atoms with E-state index in [0.29, 0.717) is 0 Å². The van der Waals surface area contributed by atoms with E-state index >= 15 is 0 Å². The van der Waals surface area contributed by atoms with Crippen LogP contribution in [0.3, 0.4) is 0 Å². The molecule has 16 heavy (non-hydrogen) atoms. The van der Waals surface area contributed by atoms with Gasteiger partial charge in [0.15, 0.2) is 11.5 Å². The second kappa shape index (κ2) is 6.46. The van der Waals surface area contributed by atoms with Gasteiger partial charge in [0.1, 0.15) is 0 Å². The van der Waals surface area contributed by atoms with Crippen LogP contribution < -0.4 is 10.6 Å². The molecule has 0 saturated carbocycles. The van der Waals surface area contributed by atoms with Crippen LogP contribution in [0.4, 0.5) is 4.79 Å². The molecule has 1 saturated heterocycles. The molecule has 1 heterocycles. The van der Waals surface area contributed by atoms with Crippen molar-refractivity contribution in [2.45, 2.75) is 0 Å². The molecule has 0 unspecified atom stereocenters. The molecule has 4 N–H and O–H groups in total. The second-order valence-electron chi connectivity index (χ2n) is 2.72. The third-order valence-corrected chi connectivity index (χ3v) is 1.54. The summed E-state index contributed by atoms with van der Waals surface area (Å²) in [5, 5.41) is 21.6. The number of hydrogen-bond acceptors (Lipinski definition) is 4. The van der Waals surface area contributed by atoms with Crippen molar-refractivity contribution in [3.05, 3.63) is 24.3 Å². The summed E-state index contributed by atoms with van der Waals surface area (Å²) in [4.78, 5) is 20.1. The van der Waals surface area contributed by atoms with Gasteiger partial charge in [-0.15, -0.1) is 0 Å². The predicted molar refractivity (Wildman–Crippen MR) is 62.6 cm³/mol. The van der Waals surface area contributed by atoms with Gasteiger partial charge in [0.2, 0.25) is 5.91 Å². The molecule has 6 nitrogen and oxygen atoms in total. The fourth-order valence-electron chi connectivity index (χ4n) is 0.840. The summed E-state index contributed by atoms with van der Waals surface area (Å²) in [6.07, 6.45) is 0. The first kappa shape index (κ1) is 14.0. The van der Waals surface area contributed by atoms with E-state index in [2.05, 4.69) is 5.32 Å². The third-order valence-electron chi connectivity index (χ3n) is 1.54. The summed E-state index contributed by atoms with van der Waals surface area (Å²) in [7, 11) is 0. The maximum atomic E-state index is 10.1. The molecule has 1 aromatic carbocycles. The van der Waals surface area contributed by atoms with Crippen molar-refractivity contribution in [1.29, 1.82) is 0 Å². The number of aromatic hydroxyl groups is 2. The Labute approximate surface area is 96.3 Å². The van der Waals surface area contributed by atoms with Crippen LogP contribution in [-0.2, 0) is 4.79 Å². The lowest BCUT2D eigenvalue weighted by Gasteiger charge is -1.91. The number of carbonyl (C=O) groups is 2. The van der Waals surface area contributed by atoms with E-state index in [1.165, 1.54) is 12.1 Å². The minimum Gasteiger partial charge on any atom is -0.504 e. The van der Waals surface area contributed by atoms with Crippen LogP contribution in [0.25, 0.3) is 0 Å². The highest BCUT2D eigenvalue weighted by Gasteiger charge is 2.14. The topological polar surface area (TPSA) is 98.7 Å². The van der Waals surface area contributed by atoms with E-state index in [4.69, 9.17) is 10.2 Å². The summed E-state index contributed by atoms with van der Waals surface area (Å²) in [5.74, 6) is -0.412. The summed E-state index contributed by atoms with van der Waals surface area (Å²) in [6.45, 7) is 0.124. The average Bonchev–Trinajstić information content (AvgIpc) is 2.56. The van der Waals surface area contributed by atoms with Crippen molar-refractivity contribution in [2.75, 3.05) is 6.54 Å². The smallest absolute Gasteiger partial charge is 0.321 e. The number of phenolic OH excluding ortho intramolecular Hbond substituents is 2. The van der Waals surface area contributed by atoms with E-state index < -0.39 is 6.03 Å². The summed E-state index contributed by atoms with van der Waals surface area (Å²) >= 11 is 0. The van der Waals surface area contributed by atoms with E-state index in [0.717, 1.165) is 0 Å². The molecule has 3 amide bonds. The fourth-order valence-corrected chi connectivity index (χ4v) is 0.840. The lowest BCUT2D eigenvalue weighted by molar-refractivity contribution is -0.117. The van der Waals surface area contributed by atoms with Gasteiger partial charge < -0.3 is 15.5 Å². The van der Waals surface area contributed by atoms with Crippen molar-refractivity contribution < 1.29 is 19.8 Å². The molecular weight excluding hydrogens is 228 g/mol. The Kier molecular flexibility index (Phi) is 5.64. The van der Waals surface area contributed by atoms with Crippen LogP contribution in [0.15, 0.2) is 24.3 Å². The normalized spacial score (nSPS) is 12.8. The Balaban J connectivity index is 0.000000267. The minimum atomic E-state index is -0.398. The summed E-state index contributed by atoms with van der Waals surface area (Å²) in [6, 6.07) is 5.75. The van der Waals surface area contributed by atoms with Gasteiger partial charge in [-0.2, -0.15) is 0 Å². The third kappa shape index (κ3) is 4.47. The molecule has 0 bridgehead atoms. The first-order valence-electron chi connectivity index (χ1n) is 4.14. The average molecular weight is 242 g/mol. The van der Waals surface area contributed by atoms with E-state index in [1.54, 1.807) is 12.1 Å². The number of rotatable bonds is 0. The summed E-state index contributed by atoms with van der Waals surface area (Å²) in [5.41, 5.74) is 0. The highest BCUT2D eigenvalue weighted by molar-refractivity contribution is 6.01. The molecule has 1 aromatic rings. The zero-order valence-corrected chi connectivity index (χ0v) is 7.73. The minimum absolute atomic E-state index is 0. The lowest BCUT2D eigenvalue weighted by Crippen LogP contribution is -2.22. The largest absolute Gasteiger partial charge is 0.504 e. The van der Waals surface area contributed by atoms with Crippen molar-refractivity contribution in [2.24, 2.45) is 0 Å². The number of amides is 3. The van der Waals surface area contributed by atoms with Gasteiger partial charge in [-0.3, -0.25) is 10.1 Å². The number of para-hydroxylation sites is 2. The molecule has 2 rings (SSSR count). The van der Waals surface area contributed by atoms with Crippen LogP contribution in [0, 0.1) is 0 Å². The first-order chi connectivity index (χ1) is 7.09. The maximum Gasteiger partial charge on any atom is 0.321 e. The van der Waals surface area contributed by atoms with Crippen LogP contribution >= 0.6 is 0 Å². The number of imide groups is 1. The van der Waals surface area contributed by atoms with E-state index in [9.17, 15) is 9.59 Å². The lowest BCUT2D eigenvalue weighted by atomic mass is 10.3. The van der Waals surface area contributed by atoms with Crippen molar-refractivity contribution in [1.82, 2.24) is 10.6 Å². The van der Waals surface area contributed by atoms with Gasteiger partial charge in [0.25, 0.3) is 0 Å². The van der Waals surface area contributed by atoms with E-state index in [1.807, 2.05) is 5.32 Å². The van der Waals surface area contributed by atoms with Gasteiger partial charge in [0.05, 0.1) is 6.54 Å².